The Morgan fingerprint density at radius 3 is 2.81 bits per heavy atom. The van der Waals surface area contributed by atoms with Crippen molar-refractivity contribution in [3.05, 3.63) is 0 Å². The molecule has 1 heterocycles. The van der Waals surface area contributed by atoms with Crippen LogP contribution in [0.1, 0.15) is 40.0 Å². The molecule has 92 valence electrons. The van der Waals surface area contributed by atoms with Crippen molar-refractivity contribution in [2.24, 2.45) is 5.41 Å². The lowest BCUT2D eigenvalue weighted by molar-refractivity contribution is 0.169. The number of rotatable bonds is 5. The van der Waals surface area contributed by atoms with E-state index in [0.29, 0.717) is 6.04 Å². The fourth-order valence-corrected chi connectivity index (χ4v) is 2.15. The van der Waals surface area contributed by atoms with Gasteiger partial charge in [-0.05, 0) is 40.2 Å². The maximum absolute atomic E-state index is 8.92. The van der Waals surface area contributed by atoms with Crippen molar-refractivity contribution in [1.82, 2.24) is 10.2 Å². The van der Waals surface area contributed by atoms with Gasteiger partial charge in [-0.3, -0.25) is 4.90 Å². The molecule has 0 bridgehead atoms. The van der Waals surface area contributed by atoms with Crippen LogP contribution < -0.4 is 5.32 Å². The standard InChI is InChI=1S/C13H25N3/c1-12-10-15-7-9-16(12)8-5-4-6-13(2,3)11-14/h12,15H,4-10H2,1-3H3/t12-/m1/s1. The van der Waals surface area contributed by atoms with Gasteiger partial charge >= 0.3 is 0 Å². The Bertz CT molecular complexity index is 242. The summed E-state index contributed by atoms with van der Waals surface area (Å²) >= 11 is 0. The third-order valence-electron chi connectivity index (χ3n) is 3.44. The van der Waals surface area contributed by atoms with Crippen LogP contribution in [0.15, 0.2) is 0 Å². The SMILES string of the molecule is C[C@@H]1CNCCN1CCCCC(C)(C)C#N. The van der Waals surface area contributed by atoms with Crippen molar-refractivity contribution < 1.29 is 0 Å². The van der Waals surface area contributed by atoms with Crippen LogP contribution in [-0.2, 0) is 0 Å². The van der Waals surface area contributed by atoms with Gasteiger partial charge in [0.25, 0.3) is 0 Å². The zero-order valence-corrected chi connectivity index (χ0v) is 10.9. The number of hydrogen-bond acceptors (Lipinski definition) is 3. The molecule has 16 heavy (non-hydrogen) atoms. The molecular formula is C13H25N3. The molecule has 3 nitrogen and oxygen atoms in total. The predicted octanol–water partition coefficient (Wildman–Crippen LogP) is 2.00. The molecule has 0 aliphatic carbocycles. The normalized spacial score (nSPS) is 23.0. The molecule has 0 spiro atoms. The Morgan fingerprint density at radius 1 is 1.44 bits per heavy atom. The fourth-order valence-electron chi connectivity index (χ4n) is 2.15. The summed E-state index contributed by atoms with van der Waals surface area (Å²) in [5.74, 6) is 0. The van der Waals surface area contributed by atoms with Crippen molar-refractivity contribution in [3.63, 3.8) is 0 Å². The van der Waals surface area contributed by atoms with E-state index in [1.807, 2.05) is 13.8 Å². The van der Waals surface area contributed by atoms with E-state index in [4.69, 9.17) is 5.26 Å². The van der Waals surface area contributed by atoms with Gasteiger partial charge in [0, 0.05) is 25.7 Å². The molecule has 0 amide bonds. The first-order valence-corrected chi connectivity index (χ1v) is 6.41. The third kappa shape index (κ3) is 4.51. The van der Waals surface area contributed by atoms with Gasteiger partial charge in [-0.2, -0.15) is 5.26 Å². The average Bonchev–Trinajstić information content (AvgIpc) is 2.27. The third-order valence-corrected chi connectivity index (χ3v) is 3.44. The quantitative estimate of drug-likeness (QED) is 0.725. The molecule has 0 aromatic carbocycles. The van der Waals surface area contributed by atoms with Crippen LogP contribution in [-0.4, -0.2) is 37.1 Å². The van der Waals surface area contributed by atoms with Crippen LogP contribution in [0.2, 0.25) is 0 Å². The summed E-state index contributed by atoms with van der Waals surface area (Å²) in [5, 5.41) is 12.3. The summed E-state index contributed by atoms with van der Waals surface area (Å²) in [4.78, 5) is 2.55. The van der Waals surface area contributed by atoms with Crippen LogP contribution in [0.3, 0.4) is 0 Å². The van der Waals surface area contributed by atoms with Crippen LogP contribution in [0, 0.1) is 16.7 Å². The molecule has 3 heteroatoms. The summed E-state index contributed by atoms with van der Waals surface area (Å²) in [6.45, 7) is 10.9. The van der Waals surface area contributed by atoms with Crippen molar-refractivity contribution >= 4 is 0 Å². The Morgan fingerprint density at radius 2 is 2.19 bits per heavy atom. The van der Waals surface area contributed by atoms with Crippen molar-refractivity contribution in [2.75, 3.05) is 26.2 Å². The van der Waals surface area contributed by atoms with E-state index in [9.17, 15) is 0 Å². The van der Waals surface area contributed by atoms with Crippen LogP contribution in [0.5, 0.6) is 0 Å². The first-order chi connectivity index (χ1) is 7.55. The molecule has 1 N–H and O–H groups in total. The van der Waals surface area contributed by atoms with Gasteiger partial charge in [0.15, 0.2) is 0 Å². The molecule has 1 fully saturated rings. The smallest absolute Gasteiger partial charge is 0.0683 e. The summed E-state index contributed by atoms with van der Waals surface area (Å²) in [5.41, 5.74) is -0.144. The topological polar surface area (TPSA) is 39.1 Å². The molecule has 0 saturated carbocycles. The summed E-state index contributed by atoms with van der Waals surface area (Å²) in [7, 11) is 0. The number of nitriles is 1. The first kappa shape index (κ1) is 13.5. The van der Waals surface area contributed by atoms with Gasteiger partial charge < -0.3 is 5.32 Å². The molecule has 1 aliphatic heterocycles. The van der Waals surface area contributed by atoms with E-state index >= 15 is 0 Å². The molecule has 0 aromatic heterocycles. The van der Waals surface area contributed by atoms with Gasteiger partial charge in [0.1, 0.15) is 0 Å². The second-order valence-corrected chi connectivity index (χ2v) is 5.54. The lowest BCUT2D eigenvalue weighted by Crippen LogP contribution is -2.49. The molecule has 0 unspecified atom stereocenters. The van der Waals surface area contributed by atoms with Crippen LogP contribution in [0.4, 0.5) is 0 Å². The second kappa shape index (κ2) is 6.22. The van der Waals surface area contributed by atoms with E-state index in [0.717, 1.165) is 25.9 Å². The molecule has 1 aliphatic rings. The number of piperazine rings is 1. The largest absolute Gasteiger partial charge is 0.314 e. The first-order valence-electron chi connectivity index (χ1n) is 6.41. The van der Waals surface area contributed by atoms with Gasteiger partial charge in [-0.1, -0.05) is 6.42 Å². The fraction of sp³-hybridized carbons (Fsp3) is 0.923. The molecule has 1 rings (SSSR count). The highest BCUT2D eigenvalue weighted by atomic mass is 15.2. The van der Waals surface area contributed by atoms with E-state index in [-0.39, 0.29) is 5.41 Å². The van der Waals surface area contributed by atoms with Gasteiger partial charge in [0.2, 0.25) is 0 Å². The minimum absolute atomic E-state index is 0.144. The maximum Gasteiger partial charge on any atom is 0.0683 e. The Hall–Kier alpha value is -0.590. The van der Waals surface area contributed by atoms with Gasteiger partial charge in [-0.25, -0.2) is 0 Å². The second-order valence-electron chi connectivity index (χ2n) is 5.54. The lowest BCUT2D eigenvalue weighted by Gasteiger charge is -2.34. The van der Waals surface area contributed by atoms with E-state index in [2.05, 4.69) is 23.2 Å². The Kier molecular flexibility index (Phi) is 5.24. The number of hydrogen-bond donors (Lipinski definition) is 1. The van der Waals surface area contributed by atoms with Gasteiger partial charge in [-0.15, -0.1) is 0 Å². The molecule has 1 saturated heterocycles. The van der Waals surface area contributed by atoms with Crippen molar-refractivity contribution in [1.29, 1.82) is 5.26 Å². The minimum atomic E-state index is -0.144. The highest BCUT2D eigenvalue weighted by Gasteiger charge is 2.18. The zero-order valence-electron chi connectivity index (χ0n) is 10.9. The zero-order chi connectivity index (χ0) is 12.0. The summed E-state index contributed by atoms with van der Waals surface area (Å²) in [6, 6.07) is 3.03. The lowest BCUT2D eigenvalue weighted by atomic mass is 9.89. The number of unbranched alkanes of at least 4 members (excludes halogenated alkanes) is 1. The molecular weight excluding hydrogens is 198 g/mol. The summed E-state index contributed by atoms with van der Waals surface area (Å²) in [6.07, 6.45) is 3.40. The van der Waals surface area contributed by atoms with Gasteiger partial charge in [0.05, 0.1) is 11.5 Å². The van der Waals surface area contributed by atoms with Crippen molar-refractivity contribution in [2.45, 2.75) is 46.1 Å². The van der Waals surface area contributed by atoms with E-state index in [1.165, 1.54) is 19.5 Å². The van der Waals surface area contributed by atoms with E-state index in [1.54, 1.807) is 0 Å². The maximum atomic E-state index is 8.92. The summed E-state index contributed by atoms with van der Waals surface area (Å²) < 4.78 is 0. The number of nitrogens with one attached hydrogen (secondary N) is 1. The Balaban J connectivity index is 2.13. The highest BCUT2D eigenvalue weighted by molar-refractivity contribution is 4.91. The van der Waals surface area contributed by atoms with Crippen molar-refractivity contribution in [3.8, 4) is 6.07 Å². The molecule has 0 radical (unpaired) electrons. The molecule has 0 aromatic rings. The molecule has 1 atom stereocenters. The van der Waals surface area contributed by atoms with E-state index < -0.39 is 0 Å². The monoisotopic (exact) mass is 223 g/mol. The predicted molar refractivity (Wildman–Crippen MR) is 67.1 cm³/mol. The minimum Gasteiger partial charge on any atom is -0.314 e. The number of nitrogens with zero attached hydrogens (tertiary/aromatic N) is 2. The average molecular weight is 223 g/mol. The van der Waals surface area contributed by atoms with Crippen LogP contribution >= 0.6 is 0 Å². The van der Waals surface area contributed by atoms with Crippen LogP contribution in [0.25, 0.3) is 0 Å². The highest BCUT2D eigenvalue weighted by Crippen LogP contribution is 2.21. The Labute approximate surface area is 99.8 Å².